The molecule has 0 radical (unpaired) electrons. The largest absolute Gasteiger partial charge is 0.484 e. The number of ether oxygens (including phenoxy) is 1. The summed E-state index contributed by atoms with van der Waals surface area (Å²) in [6, 6.07) is 11.7. The van der Waals surface area contributed by atoms with E-state index in [2.05, 4.69) is 10.3 Å². The third-order valence-electron chi connectivity index (χ3n) is 3.89. The molecule has 0 fully saturated rings. The van der Waals surface area contributed by atoms with Gasteiger partial charge in [0.25, 0.3) is 11.8 Å². The van der Waals surface area contributed by atoms with Gasteiger partial charge in [-0.2, -0.15) is 0 Å². The van der Waals surface area contributed by atoms with Crippen LogP contribution in [0.4, 0.5) is 5.13 Å². The number of aromatic nitrogens is 1. The maximum atomic E-state index is 12.6. The van der Waals surface area contributed by atoms with Gasteiger partial charge in [0.2, 0.25) is 0 Å². The van der Waals surface area contributed by atoms with Crippen LogP contribution in [0.5, 0.6) is 5.75 Å². The zero-order chi connectivity index (χ0) is 21.0. The van der Waals surface area contributed by atoms with Gasteiger partial charge in [-0.25, -0.2) is 4.98 Å². The van der Waals surface area contributed by atoms with Crippen molar-refractivity contribution in [1.82, 2.24) is 9.88 Å². The summed E-state index contributed by atoms with van der Waals surface area (Å²) >= 11 is 13.4. The molecule has 0 saturated heterocycles. The van der Waals surface area contributed by atoms with Gasteiger partial charge in [0.05, 0.1) is 10.7 Å². The van der Waals surface area contributed by atoms with Crippen molar-refractivity contribution in [3.63, 3.8) is 0 Å². The van der Waals surface area contributed by atoms with E-state index in [0.29, 0.717) is 32.2 Å². The minimum absolute atomic E-state index is 0.101. The van der Waals surface area contributed by atoms with Gasteiger partial charge < -0.3 is 9.64 Å². The molecule has 29 heavy (non-hydrogen) atoms. The first-order valence-electron chi connectivity index (χ1n) is 8.49. The molecule has 0 unspecified atom stereocenters. The van der Waals surface area contributed by atoms with Crippen LogP contribution in [0.15, 0.2) is 47.8 Å². The quantitative estimate of drug-likeness (QED) is 0.584. The molecule has 0 aliphatic heterocycles. The van der Waals surface area contributed by atoms with Crippen LogP contribution >= 0.6 is 34.5 Å². The number of hydrogen-bond donors (Lipinski definition) is 1. The fourth-order valence-corrected chi connectivity index (χ4v) is 3.53. The Bertz CT molecular complexity index is 1050. The van der Waals surface area contributed by atoms with Crippen LogP contribution < -0.4 is 10.1 Å². The molecule has 6 nitrogen and oxygen atoms in total. The van der Waals surface area contributed by atoms with Gasteiger partial charge in [-0.15, -0.1) is 11.3 Å². The highest BCUT2D eigenvalue weighted by Crippen LogP contribution is 2.32. The van der Waals surface area contributed by atoms with Crippen LogP contribution in [0.3, 0.4) is 0 Å². The highest BCUT2D eigenvalue weighted by molar-refractivity contribution is 7.14. The monoisotopic (exact) mass is 449 g/mol. The molecule has 0 saturated carbocycles. The maximum absolute atomic E-state index is 12.6. The van der Waals surface area contributed by atoms with Crippen LogP contribution in [0.1, 0.15) is 10.4 Å². The number of carbonyl (C=O) groups excluding carboxylic acids is 2. The van der Waals surface area contributed by atoms with Gasteiger partial charge >= 0.3 is 0 Å². The van der Waals surface area contributed by atoms with Crippen LogP contribution in [-0.2, 0) is 4.79 Å². The van der Waals surface area contributed by atoms with E-state index < -0.39 is 0 Å². The first-order chi connectivity index (χ1) is 13.8. The standard InChI is InChI=1S/C20H17Cl2N3O3S/c1-25(2)18(26)10-28-14-5-3-4-12(8-14)19(27)24-20-23-17(11-29-20)15-7-6-13(21)9-16(15)22/h3-9,11H,10H2,1-2H3,(H,23,24,27). The van der Waals surface area contributed by atoms with Crippen molar-refractivity contribution >= 4 is 51.5 Å². The smallest absolute Gasteiger partial charge is 0.259 e. The number of halogens is 2. The number of benzene rings is 2. The molecule has 2 aromatic carbocycles. The van der Waals surface area contributed by atoms with Crippen molar-refractivity contribution in [1.29, 1.82) is 0 Å². The number of likely N-dealkylation sites (N-methyl/N-ethyl adjacent to an activating group) is 1. The minimum Gasteiger partial charge on any atom is -0.484 e. The predicted molar refractivity (Wildman–Crippen MR) is 116 cm³/mol. The lowest BCUT2D eigenvalue weighted by atomic mass is 10.2. The molecular weight excluding hydrogens is 433 g/mol. The predicted octanol–water partition coefficient (Wildman–Crippen LogP) is 4.84. The Hall–Kier alpha value is -2.61. The van der Waals surface area contributed by atoms with Gasteiger partial charge in [-0.05, 0) is 36.4 Å². The van der Waals surface area contributed by atoms with Crippen LogP contribution in [0, 0.1) is 0 Å². The van der Waals surface area contributed by atoms with Gasteiger partial charge in [0.1, 0.15) is 5.75 Å². The third kappa shape index (κ3) is 5.47. The van der Waals surface area contributed by atoms with E-state index in [9.17, 15) is 9.59 Å². The first-order valence-corrected chi connectivity index (χ1v) is 10.1. The molecule has 0 aliphatic carbocycles. The fraction of sp³-hybridized carbons (Fsp3) is 0.150. The maximum Gasteiger partial charge on any atom is 0.259 e. The summed E-state index contributed by atoms with van der Waals surface area (Å²) in [7, 11) is 3.30. The molecule has 1 N–H and O–H groups in total. The Labute approximate surface area is 182 Å². The highest BCUT2D eigenvalue weighted by Gasteiger charge is 2.13. The molecule has 9 heteroatoms. The molecule has 1 heterocycles. The Morgan fingerprint density at radius 2 is 1.97 bits per heavy atom. The Kier molecular flexibility index (Phi) is 6.74. The molecule has 3 aromatic rings. The van der Waals surface area contributed by atoms with Crippen molar-refractivity contribution in [2.45, 2.75) is 0 Å². The molecule has 150 valence electrons. The van der Waals surface area contributed by atoms with E-state index in [1.807, 2.05) is 0 Å². The van der Waals surface area contributed by atoms with Gasteiger partial charge in [0, 0.05) is 35.6 Å². The number of amides is 2. The molecule has 3 rings (SSSR count). The van der Waals surface area contributed by atoms with Crippen molar-refractivity contribution in [2.24, 2.45) is 0 Å². The molecule has 0 aliphatic rings. The van der Waals surface area contributed by atoms with Gasteiger partial charge in [0.15, 0.2) is 11.7 Å². The van der Waals surface area contributed by atoms with Crippen LogP contribution in [0.2, 0.25) is 10.0 Å². The Balaban J connectivity index is 1.68. The van der Waals surface area contributed by atoms with Gasteiger partial charge in [-0.1, -0.05) is 29.3 Å². The lowest BCUT2D eigenvalue weighted by Crippen LogP contribution is -2.27. The van der Waals surface area contributed by atoms with E-state index in [1.54, 1.807) is 61.9 Å². The number of anilines is 1. The summed E-state index contributed by atoms with van der Waals surface area (Å²) in [6.45, 7) is -0.101. The summed E-state index contributed by atoms with van der Waals surface area (Å²) in [5.41, 5.74) is 1.76. The lowest BCUT2D eigenvalue weighted by Gasteiger charge is -2.11. The second-order valence-corrected chi connectivity index (χ2v) is 7.92. The van der Waals surface area contributed by atoms with Crippen LogP contribution in [-0.4, -0.2) is 42.4 Å². The highest BCUT2D eigenvalue weighted by atomic mass is 35.5. The number of rotatable bonds is 6. The first kappa shape index (κ1) is 21.1. The van der Waals surface area contributed by atoms with Crippen molar-refractivity contribution in [3.8, 4) is 17.0 Å². The lowest BCUT2D eigenvalue weighted by molar-refractivity contribution is -0.130. The SMILES string of the molecule is CN(C)C(=O)COc1cccc(C(=O)Nc2nc(-c3ccc(Cl)cc3Cl)cs2)c1. The third-order valence-corrected chi connectivity index (χ3v) is 5.19. The average Bonchev–Trinajstić information content (AvgIpc) is 3.14. The number of hydrogen-bond acceptors (Lipinski definition) is 5. The number of thiazole rings is 1. The number of nitrogens with one attached hydrogen (secondary N) is 1. The van der Waals surface area contributed by atoms with Crippen molar-refractivity contribution < 1.29 is 14.3 Å². The number of nitrogens with zero attached hydrogens (tertiary/aromatic N) is 2. The Morgan fingerprint density at radius 3 is 2.69 bits per heavy atom. The Morgan fingerprint density at radius 1 is 1.17 bits per heavy atom. The zero-order valence-corrected chi connectivity index (χ0v) is 17.9. The van der Waals surface area contributed by atoms with Crippen LogP contribution in [0.25, 0.3) is 11.3 Å². The van der Waals surface area contributed by atoms with E-state index in [4.69, 9.17) is 27.9 Å². The topological polar surface area (TPSA) is 71.5 Å². The second kappa shape index (κ2) is 9.26. The van der Waals surface area contributed by atoms with E-state index in [0.717, 1.165) is 5.56 Å². The molecule has 0 bridgehead atoms. The fourth-order valence-electron chi connectivity index (χ4n) is 2.32. The summed E-state index contributed by atoms with van der Waals surface area (Å²) < 4.78 is 5.45. The van der Waals surface area contributed by atoms with E-state index in [1.165, 1.54) is 16.2 Å². The number of carbonyl (C=O) groups is 2. The molecule has 1 aromatic heterocycles. The molecular formula is C20H17Cl2N3O3S. The molecule has 0 spiro atoms. The van der Waals surface area contributed by atoms with E-state index in [-0.39, 0.29) is 18.4 Å². The summed E-state index contributed by atoms with van der Waals surface area (Å²) in [6.07, 6.45) is 0. The average molecular weight is 450 g/mol. The summed E-state index contributed by atoms with van der Waals surface area (Å²) in [5.74, 6) is -0.0749. The summed E-state index contributed by atoms with van der Waals surface area (Å²) in [4.78, 5) is 30.0. The minimum atomic E-state index is -0.336. The van der Waals surface area contributed by atoms with Crippen molar-refractivity contribution in [3.05, 3.63) is 63.5 Å². The summed E-state index contributed by atoms with van der Waals surface area (Å²) in [5, 5.41) is 6.02. The molecule has 2 amide bonds. The zero-order valence-electron chi connectivity index (χ0n) is 15.6. The molecule has 0 atom stereocenters. The van der Waals surface area contributed by atoms with Gasteiger partial charge in [-0.3, -0.25) is 14.9 Å². The van der Waals surface area contributed by atoms with E-state index >= 15 is 0 Å². The van der Waals surface area contributed by atoms with Crippen molar-refractivity contribution in [2.75, 3.05) is 26.0 Å². The normalized spacial score (nSPS) is 10.5. The second-order valence-electron chi connectivity index (χ2n) is 6.22.